The fourth-order valence-electron chi connectivity index (χ4n) is 4.38. The van der Waals surface area contributed by atoms with E-state index >= 15 is 0 Å². The van der Waals surface area contributed by atoms with Gasteiger partial charge in [0, 0.05) is 30.7 Å². The van der Waals surface area contributed by atoms with Crippen LogP contribution in [0.25, 0.3) is 0 Å². The lowest BCUT2D eigenvalue weighted by Crippen LogP contribution is -2.22. The molecule has 0 heterocycles. The summed E-state index contributed by atoms with van der Waals surface area (Å²) in [6, 6.07) is 0. The number of ether oxygens (including phenoxy) is 2. The highest BCUT2D eigenvalue weighted by atomic mass is 32.2. The van der Waals surface area contributed by atoms with Gasteiger partial charge in [0.2, 0.25) is 5.87 Å². The summed E-state index contributed by atoms with van der Waals surface area (Å²) in [4.78, 5) is 35.5. The largest absolute Gasteiger partial charge is 0.470 e. The van der Waals surface area contributed by atoms with Crippen molar-refractivity contribution in [1.29, 1.82) is 0 Å². The number of esters is 1. The Morgan fingerprint density at radius 1 is 0.675 bits per heavy atom. The van der Waals surface area contributed by atoms with Crippen molar-refractivity contribution in [2.75, 3.05) is 23.0 Å². The third kappa shape index (κ3) is 26.3. The summed E-state index contributed by atoms with van der Waals surface area (Å²) in [7, 11) is 6.91. The summed E-state index contributed by atoms with van der Waals surface area (Å²) in [6.45, 7) is 6.12. The van der Waals surface area contributed by atoms with Gasteiger partial charge in [0.25, 0.3) is 13.2 Å². The van der Waals surface area contributed by atoms with E-state index < -0.39 is 0 Å². The first-order valence-corrected chi connectivity index (χ1v) is 18.3. The lowest BCUT2D eigenvalue weighted by molar-refractivity contribution is -0.145. The van der Waals surface area contributed by atoms with Crippen molar-refractivity contribution >= 4 is 56.3 Å². The van der Waals surface area contributed by atoms with Crippen LogP contribution < -0.4 is 0 Å². The fourth-order valence-corrected chi connectivity index (χ4v) is 6.52. The van der Waals surface area contributed by atoms with E-state index in [0.717, 1.165) is 87.2 Å². The van der Waals surface area contributed by atoms with Crippen LogP contribution in [-0.2, 0) is 19.1 Å². The van der Waals surface area contributed by atoms with E-state index in [2.05, 4.69) is 13.8 Å². The van der Waals surface area contributed by atoms with Gasteiger partial charge in [-0.3, -0.25) is 14.4 Å². The van der Waals surface area contributed by atoms with Crippen molar-refractivity contribution in [2.24, 2.45) is 0 Å². The van der Waals surface area contributed by atoms with Crippen LogP contribution in [0.3, 0.4) is 0 Å². The fraction of sp³-hybridized carbons (Fsp3) is 0.903. The SMILES string of the molecule is [B]CC(=O)OC(CCCCCC)CSCCCCCC(=O)CCCCCSCC(CCCCCC)OC(=O)[B]C. The van der Waals surface area contributed by atoms with Gasteiger partial charge in [0.15, 0.2) is 0 Å². The number of hydrogen-bond donors (Lipinski definition) is 0. The van der Waals surface area contributed by atoms with Crippen LogP contribution in [-0.4, -0.2) is 68.0 Å². The van der Waals surface area contributed by atoms with Gasteiger partial charge in [0.05, 0.1) is 7.85 Å². The van der Waals surface area contributed by atoms with Crippen LogP contribution in [0.1, 0.15) is 129 Å². The normalized spacial score (nSPS) is 12.6. The first-order valence-electron chi connectivity index (χ1n) is 16.0. The number of hydrogen-bond acceptors (Lipinski definition) is 7. The minimum Gasteiger partial charge on any atom is -0.470 e. The Bertz CT molecular complexity index is 575. The first kappa shape index (κ1) is 39.4. The number of carbonyl (C=O) groups excluding carboxylic acids is 3. The Hall–Kier alpha value is -0.560. The van der Waals surface area contributed by atoms with E-state index in [9.17, 15) is 14.4 Å². The van der Waals surface area contributed by atoms with Gasteiger partial charge in [-0.1, -0.05) is 72.0 Å². The Morgan fingerprint density at radius 3 is 1.60 bits per heavy atom. The number of carbonyl (C=O) groups is 3. The number of ketones is 1. The van der Waals surface area contributed by atoms with Crippen molar-refractivity contribution in [3.05, 3.63) is 0 Å². The smallest absolute Gasteiger partial charge is 0.297 e. The summed E-state index contributed by atoms with van der Waals surface area (Å²) in [5.74, 6) is 3.64. The molecule has 0 rings (SSSR count). The van der Waals surface area contributed by atoms with Crippen LogP contribution >= 0.6 is 23.5 Å². The minimum atomic E-state index is -0.311. The highest BCUT2D eigenvalue weighted by Gasteiger charge is 2.14. The van der Waals surface area contributed by atoms with Crippen LogP contribution in [0.15, 0.2) is 0 Å². The van der Waals surface area contributed by atoms with Crippen LogP contribution in [0.5, 0.6) is 0 Å². The standard InChI is InChI=1S/C31H57B2O5S2/c1-4-6-8-14-20-28(37-30(35)24-32)25-39-22-16-10-12-18-27(34)19-13-11-17-23-40-26-29(38-31(36)33-3)21-15-9-7-5-2/h28-29H,4-26H2,1-3H3. The molecule has 0 bridgehead atoms. The second-order valence-corrected chi connectivity index (χ2v) is 13.0. The first-order chi connectivity index (χ1) is 19.5. The zero-order valence-electron chi connectivity index (χ0n) is 25.9. The summed E-state index contributed by atoms with van der Waals surface area (Å²) in [6.07, 6.45) is 18.9. The summed E-state index contributed by atoms with van der Waals surface area (Å²) in [5.41, 5.74) is 0. The van der Waals surface area contributed by atoms with Gasteiger partial charge in [0.1, 0.15) is 18.0 Å². The molecule has 5 nitrogen and oxygen atoms in total. The molecule has 0 aromatic heterocycles. The van der Waals surface area contributed by atoms with Crippen molar-refractivity contribution in [2.45, 2.75) is 155 Å². The maximum absolute atomic E-state index is 12.2. The molecule has 0 aromatic rings. The van der Waals surface area contributed by atoms with Gasteiger partial charge >= 0.3 is 0 Å². The predicted molar refractivity (Wildman–Crippen MR) is 176 cm³/mol. The predicted octanol–water partition coefficient (Wildman–Crippen LogP) is 8.84. The highest BCUT2D eigenvalue weighted by Crippen LogP contribution is 2.18. The Balaban J connectivity index is 3.81. The molecule has 0 aliphatic rings. The molecule has 0 amide bonds. The third-order valence-electron chi connectivity index (χ3n) is 6.84. The number of unbranched alkanes of at least 4 members (excludes halogenated alkanes) is 10. The lowest BCUT2D eigenvalue weighted by atomic mass is 9.83. The number of thioether (sulfide) groups is 2. The molecule has 0 N–H and O–H groups in total. The molecule has 0 aromatic carbocycles. The van der Waals surface area contributed by atoms with Crippen LogP contribution in [0.2, 0.25) is 13.1 Å². The molecule has 0 saturated heterocycles. The van der Waals surface area contributed by atoms with E-state index in [1.165, 1.54) is 45.8 Å². The van der Waals surface area contributed by atoms with E-state index in [1.807, 2.05) is 23.5 Å². The molecule has 0 aliphatic carbocycles. The average molecular weight is 596 g/mol. The molecule has 0 spiro atoms. The van der Waals surface area contributed by atoms with Gasteiger partial charge in [-0.2, -0.15) is 23.5 Å². The summed E-state index contributed by atoms with van der Waals surface area (Å²) in [5, 5.41) is 0. The second-order valence-electron chi connectivity index (χ2n) is 10.7. The molecule has 2 atom stereocenters. The maximum atomic E-state index is 12.2. The molecule has 3 radical (unpaired) electrons. The second kappa shape index (κ2) is 29.9. The third-order valence-corrected chi connectivity index (χ3v) is 9.21. The van der Waals surface area contributed by atoms with Crippen molar-refractivity contribution in [3.63, 3.8) is 0 Å². The van der Waals surface area contributed by atoms with E-state index in [1.54, 1.807) is 6.82 Å². The van der Waals surface area contributed by atoms with Gasteiger partial charge in [-0.25, -0.2) is 0 Å². The molecule has 0 aliphatic heterocycles. The number of rotatable bonds is 30. The zero-order valence-corrected chi connectivity index (χ0v) is 27.6. The van der Waals surface area contributed by atoms with E-state index in [4.69, 9.17) is 17.3 Å². The minimum absolute atomic E-state index is 0.0104. The Labute approximate surface area is 257 Å². The quantitative estimate of drug-likeness (QED) is 0.0467. The van der Waals surface area contributed by atoms with Gasteiger partial charge < -0.3 is 9.47 Å². The van der Waals surface area contributed by atoms with Crippen molar-refractivity contribution in [3.8, 4) is 0 Å². The maximum Gasteiger partial charge on any atom is 0.297 e. The Kier molecular flexibility index (Phi) is 29.5. The van der Waals surface area contributed by atoms with Crippen LogP contribution in [0, 0.1) is 0 Å². The molecule has 0 saturated carbocycles. The number of Topliss-reactive ketones (excluding diaryl/α,β-unsaturated/α-hetero) is 1. The molecule has 40 heavy (non-hydrogen) atoms. The summed E-state index contributed by atoms with van der Waals surface area (Å²) >= 11 is 3.70. The van der Waals surface area contributed by atoms with Crippen molar-refractivity contribution < 1.29 is 23.9 Å². The highest BCUT2D eigenvalue weighted by molar-refractivity contribution is 7.99. The topological polar surface area (TPSA) is 69.7 Å². The molecular weight excluding hydrogens is 538 g/mol. The van der Waals surface area contributed by atoms with Gasteiger partial charge in [-0.15, -0.1) is 0 Å². The van der Waals surface area contributed by atoms with Crippen molar-refractivity contribution in [1.82, 2.24) is 0 Å². The molecule has 2 unspecified atom stereocenters. The van der Waals surface area contributed by atoms with E-state index in [0.29, 0.717) is 18.6 Å². The molecular formula is C31H57B2O5S2. The monoisotopic (exact) mass is 595 g/mol. The molecule has 9 heteroatoms. The van der Waals surface area contributed by atoms with Gasteiger partial charge in [-0.05, 0) is 62.9 Å². The zero-order chi connectivity index (χ0) is 29.7. The summed E-state index contributed by atoms with van der Waals surface area (Å²) < 4.78 is 11.1. The molecule has 0 fully saturated rings. The molecule has 229 valence electrons. The average Bonchev–Trinajstić information content (AvgIpc) is 2.95. The Morgan fingerprint density at radius 2 is 1.15 bits per heavy atom. The van der Waals surface area contributed by atoms with E-state index in [-0.39, 0.29) is 30.4 Å². The lowest BCUT2D eigenvalue weighted by Gasteiger charge is -2.17. The van der Waals surface area contributed by atoms with Crippen LogP contribution in [0.4, 0.5) is 4.79 Å².